The van der Waals surface area contributed by atoms with Crippen LogP contribution in [0.3, 0.4) is 0 Å². The first-order valence-electron chi connectivity index (χ1n) is 4.06. The number of aromatic nitrogens is 1. The highest BCUT2D eigenvalue weighted by atomic mass is 19.3. The van der Waals surface area contributed by atoms with E-state index in [-0.39, 0.29) is 5.69 Å². The van der Waals surface area contributed by atoms with E-state index in [0.717, 1.165) is 12.3 Å². The Morgan fingerprint density at radius 3 is 2.80 bits per heavy atom. The van der Waals surface area contributed by atoms with Gasteiger partial charge in [0.2, 0.25) is 0 Å². The Kier molecular flexibility index (Phi) is 3.73. The SMILES string of the molecule is NC=CC=Nc1ccc(=O)n(C(F)F)c1. The highest BCUT2D eigenvalue weighted by molar-refractivity contribution is 5.73. The molecule has 0 fully saturated rings. The summed E-state index contributed by atoms with van der Waals surface area (Å²) >= 11 is 0. The van der Waals surface area contributed by atoms with E-state index in [0.29, 0.717) is 4.57 Å². The highest BCUT2D eigenvalue weighted by Gasteiger charge is 2.07. The molecule has 1 rings (SSSR count). The van der Waals surface area contributed by atoms with Crippen molar-refractivity contribution in [3.05, 3.63) is 41.0 Å². The summed E-state index contributed by atoms with van der Waals surface area (Å²) in [5, 5.41) is 0. The number of aliphatic imine (C=N–C) groups is 1. The molecule has 0 bridgehead atoms. The third kappa shape index (κ3) is 3.01. The van der Waals surface area contributed by atoms with Crippen LogP contribution in [-0.4, -0.2) is 10.8 Å². The van der Waals surface area contributed by atoms with Crippen molar-refractivity contribution < 1.29 is 8.78 Å². The molecule has 0 aliphatic rings. The highest BCUT2D eigenvalue weighted by Crippen LogP contribution is 2.12. The summed E-state index contributed by atoms with van der Waals surface area (Å²) in [5.74, 6) is 0. The third-order valence-corrected chi connectivity index (χ3v) is 1.55. The molecule has 0 amide bonds. The van der Waals surface area contributed by atoms with Crippen molar-refractivity contribution in [3.63, 3.8) is 0 Å². The molecule has 1 aromatic heterocycles. The first-order valence-corrected chi connectivity index (χ1v) is 4.06. The molecule has 1 heterocycles. The molecule has 80 valence electrons. The van der Waals surface area contributed by atoms with Crippen molar-refractivity contribution in [1.29, 1.82) is 0 Å². The number of halogens is 2. The summed E-state index contributed by atoms with van der Waals surface area (Å²) in [4.78, 5) is 14.7. The van der Waals surface area contributed by atoms with Crippen LogP contribution in [0.15, 0.2) is 40.4 Å². The van der Waals surface area contributed by atoms with Crippen molar-refractivity contribution in [2.75, 3.05) is 0 Å². The van der Waals surface area contributed by atoms with Gasteiger partial charge in [-0.3, -0.25) is 14.4 Å². The topological polar surface area (TPSA) is 60.4 Å². The third-order valence-electron chi connectivity index (χ3n) is 1.55. The zero-order chi connectivity index (χ0) is 11.3. The standard InChI is InChI=1S/C9H9F2N3O/c10-9(11)14-6-7(2-3-8(14)15)13-5-1-4-12/h1-6,9H,12H2. The average molecular weight is 213 g/mol. The average Bonchev–Trinajstić information content (AvgIpc) is 2.20. The minimum absolute atomic E-state index is 0.257. The molecule has 0 saturated carbocycles. The first-order chi connectivity index (χ1) is 7.15. The zero-order valence-corrected chi connectivity index (χ0v) is 7.68. The van der Waals surface area contributed by atoms with Crippen LogP contribution in [0.1, 0.15) is 6.55 Å². The molecule has 0 aliphatic carbocycles. The van der Waals surface area contributed by atoms with E-state index in [1.165, 1.54) is 24.6 Å². The molecular formula is C9H9F2N3O. The van der Waals surface area contributed by atoms with E-state index < -0.39 is 12.1 Å². The molecule has 0 spiro atoms. The molecule has 1 aromatic rings. The number of allylic oxidation sites excluding steroid dienone is 1. The molecular weight excluding hydrogens is 204 g/mol. The largest absolute Gasteiger partial charge is 0.405 e. The summed E-state index contributed by atoms with van der Waals surface area (Å²) in [7, 11) is 0. The quantitative estimate of drug-likeness (QED) is 0.772. The summed E-state index contributed by atoms with van der Waals surface area (Å²) in [5.41, 5.74) is 4.54. The van der Waals surface area contributed by atoms with E-state index in [1.807, 2.05) is 0 Å². The van der Waals surface area contributed by atoms with Crippen LogP contribution >= 0.6 is 0 Å². The Bertz CT molecular complexity index is 437. The molecule has 15 heavy (non-hydrogen) atoms. The van der Waals surface area contributed by atoms with Crippen molar-refractivity contribution in [2.24, 2.45) is 10.7 Å². The second-order valence-electron chi connectivity index (χ2n) is 2.57. The van der Waals surface area contributed by atoms with Crippen LogP contribution in [-0.2, 0) is 0 Å². The Hall–Kier alpha value is -1.98. The first kappa shape index (κ1) is 11.1. The maximum absolute atomic E-state index is 12.3. The second kappa shape index (κ2) is 5.04. The predicted molar refractivity (Wildman–Crippen MR) is 53.4 cm³/mol. The number of hydrogen-bond donors (Lipinski definition) is 1. The summed E-state index contributed by atoms with van der Waals surface area (Å²) in [6, 6.07) is 2.38. The Morgan fingerprint density at radius 2 is 2.20 bits per heavy atom. The maximum atomic E-state index is 12.3. The summed E-state index contributed by atoms with van der Waals surface area (Å²) in [6.07, 6.45) is 5.02. The molecule has 0 aromatic carbocycles. The van der Waals surface area contributed by atoms with Crippen LogP contribution < -0.4 is 11.3 Å². The molecule has 0 atom stereocenters. The molecule has 4 nitrogen and oxygen atoms in total. The van der Waals surface area contributed by atoms with E-state index in [9.17, 15) is 13.6 Å². The van der Waals surface area contributed by atoms with Gasteiger partial charge in [0, 0.05) is 18.5 Å². The Labute approximate surface area is 84.4 Å². The molecule has 2 N–H and O–H groups in total. The van der Waals surface area contributed by atoms with E-state index >= 15 is 0 Å². The lowest BCUT2D eigenvalue weighted by molar-refractivity contribution is 0.0665. The fourth-order valence-corrected chi connectivity index (χ4v) is 0.900. The Morgan fingerprint density at radius 1 is 1.47 bits per heavy atom. The van der Waals surface area contributed by atoms with Gasteiger partial charge in [-0.1, -0.05) is 0 Å². The minimum atomic E-state index is -2.86. The van der Waals surface area contributed by atoms with Crippen molar-refractivity contribution in [2.45, 2.75) is 6.55 Å². The molecule has 0 unspecified atom stereocenters. The fraction of sp³-hybridized carbons (Fsp3) is 0.111. The molecule has 0 saturated heterocycles. The lowest BCUT2D eigenvalue weighted by atomic mass is 10.4. The van der Waals surface area contributed by atoms with Gasteiger partial charge < -0.3 is 5.73 Å². The van der Waals surface area contributed by atoms with E-state index in [4.69, 9.17) is 5.73 Å². The number of nitrogens with zero attached hydrogens (tertiary/aromatic N) is 2. The van der Waals surface area contributed by atoms with E-state index in [2.05, 4.69) is 4.99 Å². The van der Waals surface area contributed by atoms with Crippen LogP contribution in [0.25, 0.3) is 0 Å². The van der Waals surface area contributed by atoms with Crippen LogP contribution in [0, 0.1) is 0 Å². The van der Waals surface area contributed by atoms with Crippen LogP contribution in [0.2, 0.25) is 0 Å². The van der Waals surface area contributed by atoms with Crippen LogP contribution in [0.4, 0.5) is 14.5 Å². The van der Waals surface area contributed by atoms with Gasteiger partial charge in [-0.25, -0.2) is 0 Å². The number of pyridine rings is 1. The monoisotopic (exact) mass is 213 g/mol. The van der Waals surface area contributed by atoms with Gasteiger partial charge in [-0.2, -0.15) is 8.78 Å². The normalized spacial score (nSPS) is 11.9. The smallest absolute Gasteiger partial charge is 0.321 e. The van der Waals surface area contributed by atoms with Crippen LogP contribution in [0.5, 0.6) is 0 Å². The fourth-order valence-electron chi connectivity index (χ4n) is 0.900. The van der Waals surface area contributed by atoms with Crippen molar-refractivity contribution in [3.8, 4) is 0 Å². The second-order valence-corrected chi connectivity index (χ2v) is 2.57. The number of rotatable bonds is 3. The van der Waals surface area contributed by atoms with Crippen molar-refractivity contribution in [1.82, 2.24) is 4.57 Å². The lowest BCUT2D eigenvalue weighted by Crippen LogP contribution is -2.18. The van der Waals surface area contributed by atoms with Gasteiger partial charge in [0.05, 0.1) is 5.69 Å². The number of nitrogens with two attached hydrogens (primary N) is 1. The Balaban J connectivity index is 3.02. The van der Waals surface area contributed by atoms with Gasteiger partial charge in [-0.05, 0) is 18.3 Å². The van der Waals surface area contributed by atoms with Gasteiger partial charge in [0.25, 0.3) is 5.56 Å². The summed E-state index contributed by atoms with van der Waals surface area (Å²) in [6.45, 7) is -2.86. The van der Waals surface area contributed by atoms with Gasteiger partial charge in [-0.15, -0.1) is 0 Å². The molecule has 6 heteroatoms. The van der Waals surface area contributed by atoms with Gasteiger partial charge in [0.1, 0.15) is 0 Å². The van der Waals surface area contributed by atoms with Crippen molar-refractivity contribution >= 4 is 11.9 Å². The van der Waals surface area contributed by atoms with Gasteiger partial charge in [0.15, 0.2) is 0 Å². The number of alkyl halides is 2. The molecule has 0 aliphatic heterocycles. The lowest BCUT2D eigenvalue weighted by Gasteiger charge is -2.03. The maximum Gasteiger partial charge on any atom is 0.321 e. The zero-order valence-electron chi connectivity index (χ0n) is 7.68. The molecule has 0 radical (unpaired) electrons. The minimum Gasteiger partial charge on any atom is -0.405 e. The summed E-state index contributed by atoms with van der Waals surface area (Å²) < 4.78 is 24.9. The van der Waals surface area contributed by atoms with E-state index in [1.54, 1.807) is 0 Å². The predicted octanol–water partition coefficient (Wildman–Crippen LogP) is 1.42. The van der Waals surface area contributed by atoms with Gasteiger partial charge >= 0.3 is 6.55 Å². The number of hydrogen-bond acceptors (Lipinski definition) is 3.